The molecular weight excluding hydrogens is 469 g/mol. The van der Waals surface area contributed by atoms with Crippen LogP contribution in [0, 0.1) is 0 Å². The summed E-state index contributed by atoms with van der Waals surface area (Å²) in [5.41, 5.74) is 1.32. The van der Waals surface area contributed by atoms with E-state index in [1.54, 1.807) is 20.2 Å². The third-order valence-corrected chi connectivity index (χ3v) is 4.72. The van der Waals surface area contributed by atoms with E-state index in [9.17, 15) is 9.59 Å². The molecule has 0 saturated carbocycles. The summed E-state index contributed by atoms with van der Waals surface area (Å²) in [6, 6.07) is 7.61. The summed E-state index contributed by atoms with van der Waals surface area (Å²) < 4.78 is 0. The predicted octanol–water partition coefficient (Wildman–Crippen LogP) is 2.07. The van der Waals surface area contributed by atoms with Crippen LogP contribution in [0.2, 0.25) is 0 Å². The van der Waals surface area contributed by atoms with Crippen LogP contribution in [0.1, 0.15) is 43.6 Å². The average Bonchev–Trinajstić information content (AvgIpc) is 2.60. The van der Waals surface area contributed by atoms with Gasteiger partial charge in [0.25, 0.3) is 5.91 Å². The maximum Gasteiger partial charge on any atom is 0.251 e. The fourth-order valence-corrected chi connectivity index (χ4v) is 3.79. The van der Waals surface area contributed by atoms with Crippen molar-refractivity contribution in [2.24, 2.45) is 4.99 Å². The molecule has 0 atom stereocenters. The van der Waals surface area contributed by atoms with Gasteiger partial charge in [-0.05, 0) is 45.4 Å². The fourth-order valence-electron chi connectivity index (χ4n) is 3.79. The fraction of sp³-hybridized carbons (Fsp3) is 0.550. The number of nitrogens with one attached hydrogen (secondary N) is 2. The first-order chi connectivity index (χ1) is 12.7. The van der Waals surface area contributed by atoms with Crippen molar-refractivity contribution in [3.63, 3.8) is 0 Å². The van der Waals surface area contributed by atoms with Gasteiger partial charge in [0, 0.05) is 38.8 Å². The van der Waals surface area contributed by atoms with Crippen LogP contribution in [-0.4, -0.2) is 66.3 Å². The molecule has 0 aliphatic carbocycles. The molecule has 7 nitrogen and oxygen atoms in total. The summed E-state index contributed by atoms with van der Waals surface area (Å²) in [6.45, 7) is 9.78. The first kappa shape index (κ1) is 24.2. The smallest absolute Gasteiger partial charge is 0.251 e. The maximum absolute atomic E-state index is 12.7. The molecular formula is C20H32IN5O2. The second kappa shape index (κ2) is 10.1. The Hall–Kier alpha value is -1.84. The van der Waals surface area contributed by atoms with Gasteiger partial charge in [0.05, 0.1) is 12.1 Å². The van der Waals surface area contributed by atoms with Crippen LogP contribution in [0.25, 0.3) is 0 Å². The molecule has 0 radical (unpaired) electrons. The summed E-state index contributed by atoms with van der Waals surface area (Å²) in [5.74, 6) is 0.675. The Morgan fingerprint density at radius 1 is 1.32 bits per heavy atom. The molecule has 0 unspecified atom stereocenters. The van der Waals surface area contributed by atoms with Crippen LogP contribution in [0.15, 0.2) is 29.3 Å². The van der Waals surface area contributed by atoms with E-state index in [1.807, 2.05) is 41.8 Å². The van der Waals surface area contributed by atoms with Crippen LogP contribution in [0.4, 0.5) is 0 Å². The van der Waals surface area contributed by atoms with Crippen molar-refractivity contribution in [2.75, 3.05) is 27.2 Å². The molecule has 1 aromatic carbocycles. The zero-order chi connectivity index (χ0) is 20.2. The minimum atomic E-state index is -0.278. The minimum Gasteiger partial charge on any atom is -0.355 e. The highest BCUT2D eigenvalue weighted by Gasteiger charge is 2.40. The van der Waals surface area contributed by atoms with Gasteiger partial charge in [0.1, 0.15) is 0 Å². The number of halogens is 1. The summed E-state index contributed by atoms with van der Waals surface area (Å²) in [5, 5.41) is 5.95. The lowest BCUT2D eigenvalue weighted by Crippen LogP contribution is -2.66. The van der Waals surface area contributed by atoms with Crippen molar-refractivity contribution >= 4 is 41.8 Å². The maximum atomic E-state index is 12.7. The molecule has 28 heavy (non-hydrogen) atoms. The molecule has 0 bridgehead atoms. The summed E-state index contributed by atoms with van der Waals surface area (Å²) in [7, 11) is 3.33. The largest absolute Gasteiger partial charge is 0.355 e. The van der Waals surface area contributed by atoms with Crippen molar-refractivity contribution in [3.05, 3.63) is 35.4 Å². The third-order valence-electron chi connectivity index (χ3n) is 4.72. The predicted molar refractivity (Wildman–Crippen MR) is 123 cm³/mol. The number of hydrogen-bond donors (Lipinski definition) is 2. The van der Waals surface area contributed by atoms with E-state index in [4.69, 9.17) is 0 Å². The van der Waals surface area contributed by atoms with Gasteiger partial charge in [-0.25, -0.2) is 0 Å². The van der Waals surface area contributed by atoms with E-state index >= 15 is 0 Å². The Morgan fingerprint density at radius 2 is 2.00 bits per heavy atom. The molecule has 1 saturated heterocycles. The third kappa shape index (κ3) is 5.59. The topological polar surface area (TPSA) is 77.0 Å². The van der Waals surface area contributed by atoms with Crippen LogP contribution < -0.4 is 10.6 Å². The van der Waals surface area contributed by atoms with Gasteiger partial charge in [-0.15, -0.1) is 24.0 Å². The minimum absolute atomic E-state index is 0. The summed E-state index contributed by atoms with van der Waals surface area (Å²) in [6.07, 6.45) is 0. The van der Waals surface area contributed by atoms with Crippen LogP contribution in [0.3, 0.4) is 0 Å². The first-order valence-corrected chi connectivity index (χ1v) is 9.28. The number of nitrogens with zero attached hydrogens (tertiary/aromatic N) is 3. The zero-order valence-electron chi connectivity index (χ0n) is 17.6. The van der Waals surface area contributed by atoms with Gasteiger partial charge in [0.15, 0.2) is 5.96 Å². The molecule has 2 amide bonds. The van der Waals surface area contributed by atoms with E-state index in [-0.39, 0.29) is 47.4 Å². The number of piperazine rings is 1. The highest BCUT2D eigenvalue weighted by molar-refractivity contribution is 14.0. The molecule has 8 heteroatoms. The summed E-state index contributed by atoms with van der Waals surface area (Å²) >= 11 is 0. The van der Waals surface area contributed by atoms with E-state index in [2.05, 4.69) is 29.5 Å². The molecule has 1 heterocycles. The first-order valence-electron chi connectivity index (χ1n) is 9.28. The normalized spacial score (nSPS) is 16.7. The van der Waals surface area contributed by atoms with E-state index in [0.29, 0.717) is 31.2 Å². The number of hydrogen-bond acceptors (Lipinski definition) is 3. The lowest BCUT2D eigenvalue weighted by Gasteiger charge is -2.49. The molecule has 1 aliphatic rings. The Morgan fingerprint density at radius 3 is 2.54 bits per heavy atom. The second-order valence-corrected chi connectivity index (χ2v) is 7.71. The number of aliphatic imine (C=N–C) groups is 1. The van der Waals surface area contributed by atoms with Crippen LogP contribution in [0.5, 0.6) is 0 Å². The quantitative estimate of drug-likeness (QED) is 0.377. The molecule has 0 spiro atoms. The molecule has 2 rings (SSSR count). The van der Waals surface area contributed by atoms with Crippen molar-refractivity contribution in [1.29, 1.82) is 0 Å². The standard InChI is InChI=1S/C20H31N5O2.HI/c1-14(2)25-17(26)12-24(13-20(25,3)4)19(22-6)23-11-15-8-7-9-16(10-15)18(27)21-5;/h7-10,14H,11-13H2,1-6H3,(H,21,27)(H,22,23);1H. The van der Waals surface area contributed by atoms with Gasteiger partial charge < -0.3 is 20.4 Å². The highest BCUT2D eigenvalue weighted by atomic mass is 127. The number of guanidine groups is 1. The average molecular weight is 501 g/mol. The molecule has 2 N–H and O–H groups in total. The number of amides is 2. The van der Waals surface area contributed by atoms with Crippen molar-refractivity contribution < 1.29 is 9.59 Å². The van der Waals surface area contributed by atoms with Crippen molar-refractivity contribution in [2.45, 2.75) is 45.8 Å². The summed E-state index contributed by atoms with van der Waals surface area (Å²) in [4.78, 5) is 32.8. The lowest BCUT2D eigenvalue weighted by molar-refractivity contribution is -0.145. The molecule has 0 aromatic heterocycles. The van der Waals surface area contributed by atoms with Crippen molar-refractivity contribution in [3.8, 4) is 0 Å². The number of carbonyl (C=O) groups excluding carboxylic acids is 2. The Balaban J connectivity index is 0.00000392. The van der Waals surface area contributed by atoms with E-state index in [0.717, 1.165) is 5.56 Å². The van der Waals surface area contributed by atoms with Crippen LogP contribution >= 0.6 is 24.0 Å². The monoisotopic (exact) mass is 501 g/mol. The number of rotatable bonds is 4. The second-order valence-electron chi connectivity index (χ2n) is 7.71. The Bertz CT molecular complexity index is 733. The SMILES string of the molecule is CN=C(NCc1cccc(C(=O)NC)c1)N1CC(=O)N(C(C)C)C(C)(C)C1.I. The molecule has 1 aromatic rings. The van der Waals surface area contributed by atoms with Gasteiger partial charge in [-0.3, -0.25) is 14.6 Å². The van der Waals surface area contributed by atoms with Crippen LogP contribution in [-0.2, 0) is 11.3 Å². The number of benzene rings is 1. The zero-order valence-corrected chi connectivity index (χ0v) is 19.9. The Labute approximate surface area is 185 Å². The van der Waals surface area contributed by atoms with E-state index < -0.39 is 0 Å². The molecule has 1 fully saturated rings. The lowest BCUT2D eigenvalue weighted by atomic mass is 9.96. The van der Waals surface area contributed by atoms with E-state index in [1.165, 1.54) is 0 Å². The Kier molecular flexibility index (Phi) is 8.72. The van der Waals surface area contributed by atoms with Gasteiger partial charge >= 0.3 is 0 Å². The van der Waals surface area contributed by atoms with Crippen molar-refractivity contribution in [1.82, 2.24) is 20.4 Å². The highest BCUT2D eigenvalue weighted by Crippen LogP contribution is 2.24. The molecule has 1 aliphatic heterocycles. The van der Waals surface area contributed by atoms with Gasteiger partial charge in [0.2, 0.25) is 5.91 Å². The number of carbonyl (C=O) groups is 2. The van der Waals surface area contributed by atoms with Gasteiger partial charge in [-0.2, -0.15) is 0 Å². The molecule has 156 valence electrons. The van der Waals surface area contributed by atoms with Gasteiger partial charge in [-0.1, -0.05) is 12.1 Å².